The quantitative estimate of drug-likeness (QED) is 0.291. The van der Waals surface area contributed by atoms with E-state index in [0.717, 1.165) is 6.20 Å². The average Bonchev–Trinajstić information content (AvgIpc) is 2.65. The van der Waals surface area contributed by atoms with Gasteiger partial charge >= 0.3 is 0 Å². The van der Waals surface area contributed by atoms with Gasteiger partial charge in [-0.25, -0.2) is 4.98 Å². The third-order valence-corrected chi connectivity index (χ3v) is 3.42. The van der Waals surface area contributed by atoms with E-state index in [1.54, 1.807) is 24.3 Å². The first-order valence-electron chi connectivity index (χ1n) is 7.51. The van der Waals surface area contributed by atoms with Crippen molar-refractivity contribution in [3.8, 4) is 11.6 Å². The summed E-state index contributed by atoms with van der Waals surface area (Å²) in [6.45, 7) is 0. The van der Waals surface area contributed by atoms with E-state index >= 15 is 0 Å². The minimum Gasteiger partial charge on any atom is -0.436 e. The zero-order valence-electron chi connectivity index (χ0n) is 13.5. The third-order valence-electron chi connectivity index (χ3n) is 3.24. The van der Waals surface area contributed by atoms with Crippen molar-refractivity contribution in [2.75, 3.05) is 5.43 Å². The zero-order valence-corrected chi connectivity index (χ0v) is 14.3. The Bertz CT molecular complexity index is 998. The van der Waals surface area contributed by atoms with Crippen molar-refractivity contribution in [3.05, 3.63) is 81.5 Å². The van der Waals surface area contributed by atoms with Gasteiger partial charge in [0.1, 0.15) is 5.75 Å². The molecule has 3 aromatic rings. The molecule has 0 aliphatic carbocycles. The van der Waals surface area contributed by atoms with Crippen LogP contribution in [0, 0.1) is 15.9 Å². The van der Waals surface area contributed by atoms with Crippen LogP contribution in [0.3, 0.4) is 0 Å². The van der Waals surface area contributed by atoms with Gasteiger partial charge < -0.3 is 4.74 Å². The van der Waals surface area contributed by atoms with E-state index in [-0.39, 0.29) is 16.9 Å². The highest BCUT2D eigenvalue weighted by molar-refractivity contribution is 6.28. The number of hydrogen-bond donors (Lipinski definition) is 1. The van der Waals surface area contributed by atoms with Crippen LogP contribution in [0.2, 0.25) is 5.28 Å². The van der Waals surface area contributed by atoms with Gasteiger partial charge in [0.2, 0.25) is 11.1 Å². The van der Waals surface area contributed by atoms with Gasteiger partial charge in [0, 0.05) is 12.1 Å². The van der Waals surface area contributed by atoms with Crippen molar-refractivity contribution >= 4 is 29.2 Å². The lowest BCUT2D eigenvalue weighted by molar-refractivity contribution is -0.384. The molecule has 1 heterocycles. The summed E-state index contributed by atoms with van der Waals surface area (Å²) >= 11 is 5.63. The van der Waals surface area contributed by atoms with Crippen LogP contribution in [-0.4, -0.2) is 21.1 Å². The van der Waals surface area contributed by atoms with Gasteiger partial charge in [-0.05, 0) is 41.4 Å². The van der Waals surface area contributed by atoms with Crippen LogP contribution < -0.4 is 10.2 Å². The lowest BCUT2D eigenvalue weighted by Gasteiger charge is -2.06. The summed E-state index contributed by atoms with van der Waals surface area (Å²) in [4.78, 5) is 17.3. The number of halogens is 2. The Morgan fingerprint density at radius 3 is 2.78 bits per heavy atom. The molecule has 8 nitrogen and oxygen atoms in total. The van der Waals surface area contributed by atoms with Gasteiger partial charge in [-0.2, -0.15) is 14.5 Å². The van der Waals surface area contributed by atoms with E-state index in [2.05, 4.69) is 20.5 Å². The number of nitro groups is 1. The first-order chi connectivity index (χ1) is 13.0. The molecule has 0 fully saturated rings. The van der Waals surface area contributed by atoms with Gasteiger partial charge in [0.15, 0.2) is 0 Å². The monoisotopic (exact) mass is 387 g/mol. The standard InChI is InChI=1S/C17H11ClFN5O3/c18-17-20-10-15(19)16(22-17)27-14-3-1-2-11(8-14)9-21-23-12-4-6-13(7-5-12)24(25)26/h1-10,23H/b21-9-. The molecule has 0 radical (unpaired) electrons. The second kappa shape index (κ2) is 8.19. The average molecular weight is 388 g/mol. The fourth-order valence-corrected chi connectivity index (χ4v) is 2.14. The molecule has 0 atom stereocenters. The third kappa shape index (κ3) is 4.95. The van der Waals surface area contributed by atoms with Crippen LogP contribution >= 0.6 is 11.6 Å². The van der Waals surface area contributed by atoms with E-state index in [1.807, 2.05) is 0 Å². The maximum atomic E-state index is 13.6. The first kappa shape index (κ1) is 18.2. The summed E-state index contributed by atoms with van der Waals surface area (Å²) in [6.07, 6.45) is 2.43. The molecule has 136 valence electrons. The summed E-state index contributed by atoms with van der Waals surface area (Å²) in [6, 6.07) is 12.5. The van der Waals surface area contributed by atoms with Gasteiger partial charge in [0.05, 0.1) is 23.0 Å². The van der Waals surface area contributed by atoms with Crippen molar-refractivity contribution in [1.29, 1.82) is 0 Å². The Morgan fingerprint density at radius 1 is 1.26 bits per heavy atom. The number of non-ortho nitro benzene ring substituents is 1. The minimum atomic E-state index is -0.738. The zero-order chi connectivity index (χ0) is 19.2. The SMILES string of the molecule is O=[N+]([O-])c1ccc(N/N=C\c2cccc(Oc3nc(Cl)ncc3F)c2)cc1. The maximum Gasteiger partial charge on any atom is 0.269 e. The van der Waals surface area contributed by atoms with E-state index in [9.17, 15) is 14.5 Å². The molecular formula is C17H11ClFN5O3. The molecule has 0 unspecified atom stereocenters. The summed E-state index contributed by atoms with van der Waals surface area (Å²) in [5.74, 6) is -0.686. The maximum absolute atomic E-state index is 13.6. The summed E-state index contributed by atoms with van der Waals surface area (Å²) in [7, 11) is 0. The van der Waals surface area contributed by atoms with Crippen molar-refractivity contribution in [2.45, 2.75) is 0 Å². The summed E-state index contributed by atoms with van der Waals surface area (Å²) in [5, 5.41) is 14.5. The van der Waals surface area contributed by atoms with Crippen LogP contribution in [-0.2, 0) is 0 Å². The summed E-state index contributed by atoms with van der Waals surface area (Å²) in [5.41, 5.74) is 4.00. The molecule has 0 aliphatic rings. The van der Waals surface area contributed by atoms with Crippen molar-refractivity contribution in [1.82, 2.24) is 9.97 Å². The Labute approximate surface area is 157 Å². The Kier molecular flexibility index (Phi) is 5.53. The number of anilines is 1. The second-order valence-corrected chi connectivity index (χ2v) is 5.48. The van der Waals surface area contributed by atoms with Crippen LogP contribution in [0.5, 0.6) is 11.6 Å². The number of hydrazone groups is 1. The molecule has 2 aromatic carbocycles. The highest BCUT2D eigenvalue weighted by Gasteiger charge is 2.09. The van der Waals surface area contributed by atoms with Crippen molar-refractivity contribution in [3.63, 3.8) is 0 Å². The van der Waals surface area contributed by atoms with Gasteiger partial charge in [0.25, 0.3) is 11.6 Å². The molecule has 0 amide bonds. The molecule has 0 bridgehead atoms. The number of aromatic nitrogens is 2. The van der Waals surface area contributed by atoms with Crippen molar-refractivity contribution < 1.29 is 14.1 Å². The number of nitrogens with zero attached hydrogens (tertiary/aromatic N) is 4. The molecule has 3 rings (SSSR count). The lowest BCUT2D eigenvalue weighted by Crippen LogP contribution is -1.95. The molecule has 1 aromatic heterocycles. The Balaban J connectivity index is 1.67. The minimum absolute atomic E-state index is 0.00793. The van der Waals surface area contributed by atoms with Gasteiger partial charge in [-0.15, -0.1) is 0 Å². The van der Waals surface area contributed by atoms with Crippen molar-refractivity contribution in [2.24, 2.45) is 5.10 Å². The fraction of sp³-hybridized carbons (Fsp3) is 0. The Hall–Kier alpha value is -3.59. The molecule has 0 saturated carbocycles. The van der Waals surface area contributed by atoms with E-state index in [0.29, 0.717) is 17.0 Å². The molecule has 27 heavy (non-hydrogen) atoms. The van der Waals surface area contributed by atoms with E-state index in [1.165, 1.54) is 30.5 Å². The summed E-state index contributed by atoms with van der Waals surface area (Å²) < 4.78 is 19.0. The number of rotatable bonds is 6. The van der Waals surface area contributed by atoms with Crippen LogP contribution in [0.25, 0.3) is 0 Å². The molecule has 0 aliphatic heterocycles. The number of ether oxygens (including phenoxy) is 1. The largest absolute Gasteiger partial charge is 0.436 e. The molecule has 1 N–H and O–H groups in total. The highest BCUT2D eigenvalue weighted by Crippen LogP contribution is 2.23. The van der Waals surface area contributed by atoms with Gasteiger partial charge in [-0.1, -0.05) is 12.1 Å². The predicted molar refractivity (Wildman–Crippen MR) is 97.8 cm³/mol. The van der Waals surface area contributed by atoms with Gasteiger partial charge in [-0.3, -0.25) is 15.5 Å². The first-order valence-corrected chi connectivity index (χ1v) is 7.88. The second-order valence-electron chi connectivity index (χ2n) is 5.14. The van der Waals surface area contributed by atoms with Crippen LogP contribution in [0.1, 0.15) is 5.56 Å². The molecule has 10 heteroatoms. The normalized spacial score (nSPS) is 10.7. The fourth-order valence-electron chi connectivity index (χ4n) is 2.01. The number of nitro benzene ring substituents is 1. The highest BCUT2D eigenvalue weighted by atomic mass is 35.5. The number of benzene rings is 2. The number of hydrogen-bond acceptors (Lipinski definition) is 7. The molecular weight excluding hydrogens is 377 g/mol. The smallest absolute Gasteiger partial charge is 0.269 e. The van der Waals surface area contributed by atoms with E-state index < -0.39 is 10.7 Å². The number of nitrogens with one attached hydrogen (secondary N) is 1. The van der Waals surface area contributed by atoms with E-state index in [4.69, 9.17) is 16.3 Å². The topological polar surface area (TPSA) is 103 Å². The molecule has 0 spiro atoms. The van der Waals surface area contributed by atoms with Crippen LogP contribution in [0.15, 0.2) is 59.8 Å². The lowest BCUT2D eigenvalue weighted by atomic mass is 10.2. The Morgan fingerprint density at radius 2 is 2.04 bits per heavy atom. The predicted octanol–water partition coefficient (Wildman–Crippen LogP) is 4.42. The molecule has 0 saturated heterocycles. The van der Waals surface area contributed by atoms with Crippen LogP contribution in [0.4, 0.5) is 15.8 Å².